The van der Waals surface area contributed by atoms with Gasteiger partial charge < -0.3 is 25.2 Å². The predicted molar refractivity (Wildman–Crippen MR) is 203 cm³/mol. The Morgan fingerprint density at radius 2 is 1.10 bits per heavy atom. The van der Waals surface area contributed by atoms with E-state index in [1.807, 2.05) is 12.2 Å². The van der Waals surface area contributed by atoms with E-state index in [0.717, 1.165) is 70.6 Å². The largest absolute Gasteiger partial charge is 0.480 e. The number of phosphoric acid groups is 1. The molecule has 0 bridgehead atoms. The molecule has 3 atom stereocenters. The number of allylic oxidation sites excluding steroid dienone is 13. The number of nitrogens with one attached hydrogen (secondary N) is 1. The molecule has 0 aromatic rings. The molecule has 4 N–H and O–H groups in total. The van der Waals surface area contributed by atoms with Crippen molar-refractivity contribution in [1.82, 2.24) is 5.32 Å². The van der Waals surface area contributed by atoms with Crippen LogP contribution < -0.4 is 5.32 Å². The lowest BCUT2D eigenvalue weighted by Gasteiger charge is -2.18. The number of carboxylic acid groups (broad SMARTS) is 1. The molecule has 0 radical (unpaired) electrons. The number of rotatable bonds is 32. The molecule has 0 rings (SSSR count). The molecule has 0 aromatic heterocycles. The zero-order chi connectivity index (χ0) is 37.8. The summed E-state index contributed by atoms with van der Waals surface area (Å²) in [5.41, 5.74) is 0. The number of amides is 1. The number of unbranched alkanes of at least 4 members (excludes halogenated alkanes) is 5. The number of carboxylic acids is 1. The summed E-state index contributed by atoms with van der Waals surface area (Å²) in [6, 6.07) is -1.61. The number of phosphoric ester groups is 1. The SMILES string of the molecule is CC/C=C\C/C=C\C/C=C\C/C=C\C/C=C\C/C=C\C/C=C\CC(=O)NC(COP(=O)(O)OCC(O)COC(=O)CCCCCCCC)C(=O)O. The maximum absolute atomic E-state index is 12.2. The van der Waals surface area contributed by atoms with Crippen LogP contribution in [0.25, 0.3) is 0 Å². The molecule has 1 amide bonds. The summed E-state index contributed by atoms with van der Waals surface area (Å²) in [6.45, 7) is 2.28. The summed E-state index contributed by atoms with van der Waals surface area (Å²) in [7, 11) is -4.77. The van der Waals surface area contributed by atoms with Gasteiger partial charge in [0.1, 0.15) is 12.7 Å². The van der Waals surface area contributed by atoms with Gasteiger partial charge in [0.2, 0.25) is 5.91 Å². The molecule has 0 heterocycles. The molecule has 12 heteroatoms. The first-order valence-electron chi connectivity index (χ1n) is 18.1. The lowest BCUT2D eigenvalue weighted by atomic mass is 10.1. The molecule has 0 aliphatic rings. The van der Waals surface area contributed by atoms with E-state index in [9.17, 15) is 34.1 Å². The van der Waals surface area contributed by atoms with E-state index in [2.05, 4.69) is 84.4 Å². The van der Waals surface area contributed by atoms with E-state index < -0.39 is 57.6 Å². The zero-order valence-corrected chi connectivity index (χ0v) is 31.5. The molecule has 0 aromatic carbocycles. The van der Waals surface area contributed by atoms with Crippen molar-refractivity contribution in [3.8, 4) is 0 Å². The van der Waals surface area contributed by atoms with Crippen LogP contribution >= 0.6 is 7.82 Å². The van der Waals surface area contributed by atoms with Crippen LogP contribution in [0.2, 0.25) is 0 Å². The van der Waals surface area contributed by atoms with Crippen LogP contribution in [0.4, 0.5) is 0 Å². The van der Waals surface area contributed by atoms with Gasteiger partial charge in [-0.05, 0) is 51.4 Å². The minimum atomic E-state index is -4.77. The van der Waals surface area contributed by atoms with Crippen molar-refractivity contribution < 1.29 is 47.8 Å². The second-order valence-electron chi connectivity index (χ2n) is 11.7. The minimum Gasteiger partial charge on any atom is -0.480 e. The van der Waals surface area contributed by atoms with Crippen molar-refractivity contribution in [3.63, 3.8) is 0 Å². The van der Waals surface area contributed by atoms with Gasteiger partial charge in [0.05, 0.1) is 13.2 Å². The standard InChI is InChI=1S/C39H62NO10P/c1-3-5-7-9-11-12-13-14-15-16-17-18-19-20-21-22-23-24-25-26-28-30-37(42)40-36(39(44)45)34-50-51(46,47)49-33-35(41)32-48-38(43)31-29-27-10-8-6-4-2/h5,7,11-12,14-15,17-18,20-21,23-24,26,28,35-36,41H,3-4,6,8-10,13,16,19,22,25,27,29-34H2,1-2H3,(H,40,42)(H,44,45)(H,46,47)/b7-5-,12-11-,15-14-,18-17-,21-20-,24-23-,28-26-. The quantitative estimate of drug-likeness (QED) is 0.0228. The average molecular weight is 736 g/mol. The van der Waals surface area contributed by atoms with Crippen LogP contribution in [0.5, 0.6) is 0 Å². The first-order valence-corrected chi connectivity index (χ1v) is 19.6. The van der Waals surface area contributed by atoms with Gasteiger partial charge in [-0.1, -0.05) is 131 Å². The third-order valence-electron chi connectivity index (χ3n) is 6.98. The summed E-state index contributed by atoms with van der Waals surface area (Å²) in [5.74, 6) is -2.57. The Bertz CT molecular complexity index is 1190. The van der Waals surface area contributed by atoms with Crippen LogP contribution in [-0.2, 0) is 32.7 Å². The molecule has 0 saturated heterocycles. The van der Waals surface area contributed by atoms with E-state index in [0.29, 0.717) is 12.8 Å². The summed E-state index contributed by atoms with van der Waals surface area (Å²) < 4.78 is 26.5. The molecular weight excluding hydrogens is 673 g/mol. The number of aliphatic hydroxyl groups excluding tert-OH is 1. The van der Waals surface area contributed by atoms with Crippen molar-refractivity contribution in [1.29, 1.82) is 0 Å². The highest BCUT2D eigenvalue weighted by atomic mass is 31.2. The van der Waals surface area contributed by atoms with Crippen molar-refractivity contribution in [2.45, 2.75) is 122 Å². The van der Waals surface area contributed by atoms with Crippen LogP contribution in [0.15, 0.2) is 85.1 Å². The third-order valence-corrected chi connectivity index (χ3v) is 7.93. The molecule has 11 nitrogen and oxygen atoms in total. The van der Waals surface area contributed by atoms with E-state index >= 15 is 0 Å². The molecule has 288 valence electrons. The van der Waals surface area contributed by atoms with Gasteiger partial charge in [0.15, 0.2) is 6.04 Å². The molecular formula is C39H62NO10P. The fourth-order valence-corrected chi connectivity index (χ4v) is 4.93. The fraction of sp³-hybridized carbons (Fsp3) is 0.564. The normalized spacial score (nSPS) is 14.9. The van der Waals surface area contributed by atoms with Crippen LogP contribution in [0, 0.1) is 0 Å². The molecule has 0 aliphatic carbocycles. The molecule has 0 fully saturated rings. The Hall–Kier alpha value is -3.34. The number of hydrogen-bond donors (Lipinski definition) is 4. The van der Waals surface area contributed by atoms with Gasteiger partial charge in [-0.15, -0.1) is 0 Å². The number of carbonyl (C=O) groups is 3. The van der Waals surface area contributed by atoms with E-state index in [-0.39, 0.29) is 12.8 Å². The monoisotopic (exact) mass is 735 g/mol. The zero-order valence-electron chi connectivity index (χ0n) is 30.6. The van der Waals surface area contributed by atoms with Gasteiger partial charge in [0.25, 0.3) is 0 Å². The molecule has 0 saturated carbocycles. The van der Waals surface area contributed by atoms with E-state index in [1.165, 1.54) is 0 Å². The van der Waals surface area contributed by atoms with Crippen molar-refractivity contribution in [2.75, 3.05) is 19.8 Å². The Kier molecular flexibility index (Phi) is 31.6. The Balaban J connectivity index is 4.16. The van der Waals surface area contributed by atoms with Crippen molar-refractivity contribution >= 4 is 25.7 Å². The van der Waals surface area contributed by atoms with Gasteiger partial charge in [-0.3, -0.25) is 18.6 Å². The van der Waals surface area contributed by atoms with Crippen LogP contribution in [0.1, 0.15) is 110 Å². The van der Waals surface area contributed by atoms with Gasteiger partial charge in [-0.25, -0.2) is 9.36 Å². The number of aliphatic carboxylic acids is 1. The Morgan fingerprint density at radius 1 is 0.647 bits per heavy atom. The van der Waals surface area contributed by atoms with Crippen molar-refractivity contribution in [2.24, 2.45) is 0 Å². The first-order chi connectivity index (χ1) is 24.6. The van der Waals surface area contributed by atoms with Gasteiger partial charge in [-0.2, -0.15) is 0 Å². The van der Waals surface area contributed by atoms with Crippen LogP contribution in [-0.4, -0.2) is 64.9 Å². The van der Waals surface area contributed by atoms with E-state index in [1.54, 1.807) is 12.2 Å². The average Bonchev–Trinajstić information content (AvgIpc) is 3.10. The molecule has 51 heavy (non-hydrogen) atoms. The smallest absolute Gasteiger partial charge is 0.472 e. The first kappa shape index (κ1) is 47.7. The maximum Gasteiger partial charge on any atom is 0.472 e. The minimum absolute atomic E-state index is 0.0938. The highest BCUT2D eigenvalue weighted by Gasteiger charge is 2.28. The summed E-state index contributed by atoms with van der Waals surface area (Å²) in [4.78, 5) is 45.4. The number of ether oxygens (including phenoxy) is 1. The predicted octanol–water partition coefficient (Wildman–Crippen LogP) is 8.38. The van der Waals surface area contributed by atoms with Crippen molar-refractivity contribution in [3.05, 3.63) is 85.1 Å². The lowest BCUT2D eigenvalue weighted by molar-refractivity contribution is -0.147. The molecule has 0 spiro atoms. The Labute approximate surface area is 305 Å². The highest BCUT2D eigenvalue weighted by molar-refractivity contribution is 7.47. The summed E-state index contributed by atoms with van der Waals surface area (Å²) in [6.07, 6.45) is 39.8. The summed E-state index contributed by atoms with van der Waals surface area (Å²) in [5, 5.41) is 21.5. The number of hydrogen-bond acceptors (Lipinski definition) is 8. The molecule has 0 aliphatic heterocycles. The highest BCUT2D eigenvalue weighted by Crippen LogP contribution is 2.43. The second kappa shape index (κ2) is 33.8. The topological polar surface area (TPSA) is 169 Å². The number of aliphatic hydroxyl groups is 1. The Morgan fingerprint density at radius 3 is 1.59 bits per heavy atom. The second-order valence-corrected chi connectivity index (χ2v) is 13.2. The lowest BCUT2D eigenvalue weighted by Crippen LogP contribution is -2.43. The van der Waals surface area contributed by atoms with E-state index in [4.69, 9.17) is 9.26 Å². The van der Waals surface area contributed by atoms with Gasteiger partial charge >= 0.3 is 19.8 Å². The number of carbonyl (C=O) groups excluding carboxylic acids is 2. The maximum atomic E-state index is 12.2. The molecule has 3 unspecified atom stereocenters. The third kappa shape index (κ3) is 33.6. The number of esters is 1. The van der Waals surface area contributed by atoms with Crippen LogP contribution in [0.3, 0.4) is 0 Å². The fourth-order valence-electron chi connectivity index (χ4n) is 4.16. The summed E-state index contributed by atoms with van der Waals surface area (Å²) >= 11 is 0. The van der Waals surface area contributed by atoms with Gasteiger partial charge in [0, 0.05) is 12.8 Å².